The molecule has 2 rings (SSSR count). The molecule has 0 unspecified atom stereocenters. The molecule has 0 spiro atoms. The summed E-state index contributed by atoms with van der Waals surface area (Å²) in [5.74, 6) is 0.964. The van der Waals surface area contributed by atoms with Crippen molar-refractivity contribution in [1.82, 2.24) is 0 Å². The Labute approximate surface area is 145 Å². The van der Waals surface area contributed by atoms with E-state index in [0.29, 0.717) is 34.2 Å². The van der Waals surface area contributed by atoms with Crippen LogP contribution in [0, 0.1) is 0 Å². The fraction of sp³-hybridized carbons (Fsp3) is 0.222. The molecule has 132 valence electrons. The Bertz CT molecular complexity index is 775. The fourth-order valence-electron chi connectivity index (χ4n) is 2.21. The molecule has 0 aromatic heterocycles. The minimum Gasteiger partial charge on any atom is -0.496 e. The van der Waals surface area contributed by atoms with Gasteiger partial charge in [-0.3, -0.25) is 4.99 Å². The van der Waals surface area contributed by atoms with Crippen molar-refractivity contribution >= 4 is 17.9 Å². The lowest BCUT2D eigenvalue weighted by atomic mass is 10.1. The number of aromatic carboxylic acids is 1. The van der Waals surface area contributed by atoms with Crippen molar-refractivity contribution in [1.29, 1.82) is 0 Å². The molecule has 25 heavy (non-hydrogen) atoms. The molecule has 0 aliphatic heterocycles. The fourth-order valence-corrected chi connectivity index (χ4v) is 2.21. The Morgan fingerprint density at radius 1 is 0.920 bits per heavy atom. The Morgan fingerprint density at radius 3 is 2.00 bits per heavy atom. The quantitative estimate of drug-likeness (QED) is 0.776. The van der Waals surface area contributed by atoms with Crippen molar-refractivity contribution < 1.29 is 28.8 Å². The second kappa shape index (κ2) is 8.05. The van der Waals surface area contributed by atoms with Crippen LogP contribution < -0.4 is 18.9 Å². The smallest absolute Gasteiger partial charge is 0.335 e. The lowest BCUT2D eigenvalue weighted by molar-refractivity contribution is 0.0696. The summed E-state index contributed by atoms with van der Waals surface area (Å²) in [5.41, 5.74) is 1.22. The second-order valence-electron chi connectivity index (χ2n) is 4.90. The van der Waals surface area contributed by atoms with Crippen LogP contribution in [0.3, 0.4) is 0 Å². The van der Waals surface area contributed by atoms with Gasteiger partial charge in [-0.05, 0) is 18.2 Å². The van der Waals surface area contributed by atoms with Gasteiger partial charge in [-0.2, -0.15) is 0 Å². The summed E-state index contributed by atoms with van der Waals surface area (Å²) in [6, 6.07) is 7.88. The molecule has 2 aromatic carbocycles. The Morgan fingerprint density at radius 2 is 1.52 bits per heavy atom. The van der Waals surface area contributed by atoms with E-state index in [1.54, 1.807) is 31.5 Å². The van der Waals surface area contributed by atoms with E-state index < -0.39 is 5.97 Å². The summed E-state index contributed by atoms with van der Waals surface area (Å²) in [6.45, 7) is 0. The van der Waals surface area contributed by atoms with Gasteiger partial charge in [0.15, 0.2) is 0 Å². The molecule has 1 N–H and O–H groups in total. The van der Waals surface area contributed by atoms with Crippen LogP contribution in [0.4, 0.5) is 5.69 Å². The number of carboxylic acids is 1. The lowest BCUT2D eigenvalue weighted by Crippen LogP contribution is -1.98. The van der Waals surface area contributed by atoms with Crippen LogP contribution in [-0.2, 0) is 0 Å². The number of rotatable bonds is 7. The molecule has 0 saturated heterocycles. The molecular weight excluding hydrogens is 326 g/mol. The molecule has 0 atom stereocenters. The maximum absolute atomic E-state index is 11.0. The lowest BCUT2D eigenvalue weighted by Gasteiger charge is -2.12. The molecule has 0 aliphatic rings. The topological polar surface area (TPSA) is 86.6 Å². The van der Waals surface area contributed by atoms with Gasteiger partial charge in [0.05, 0.1) is 39.6 Å². The highest BCUT2D eigenvalue weighted by atomic mass is 16.5. The molecular formula is C18H19NO6. The predicted molar refractivity (Wildman–Crippen MR) is 93.3 cm³/mol. The van der Waals surface area contributed by atoms with Crippen LogP contribution in [-0.4, -0.2) is 45.7 Å². The number of carboxylic acid groups (broad SMARTS) is 1. The van der Waals surface area contributed by atoms with Gasteiger partial charge in [-0.15, -0.1) is 0 Å². The van der Waals surface area contributed by atoms with Crippen LogP contribution in [0.5, 0.6) is 23.0 Å². The minimum absolute atomic E-state index is 0.121. The first-order valence-electron chi connectivity index (χ1n) is 7.29. The number of ether oxygens (including phenoxy) is 4. The highest BCUT2D eigenvalue weighted by Crippen LogP contribution is 2.34. The highest BCUT2D eigenvalue weighted by molar-refractivity contribution is 5.91. The standard InChI is InChI=1S/C18H19NO6/c1-22-12-8-15(23-2)13(16(9-12)24-3)10-19-14-6-5-11(18(20)21)7-17(14)25-4/h5-10H,1-4H3,(H,20,21). The summed E-state index contributed by atoms with van der Waals surface area (Å²) in [4.78, 5) is 15.4. The monoisotopic (exact) mass is 345 g/mol. The van der Waals surface area contributed by atoms with Crippen molar-refractivity contribution in [3.05, 3.63) is 41.5 Å². The molecule has 0 amide bonds. The number of aliphatic imine (C=N–C) groups is 1. The molecule has 7 nitrogen and oxygen atoms in total. The third-order valence-electron chi connectivity index (χ3n) is 3.51. The van der Waals surface area contributed by atoms with Gasteiger partial charge < -0.3 is 24.1 Å². The number of hydrogen-bond donors (Lipinski definition) is 1. The average Bonchev–Trinajstić information content (AvgIpc) is 2.65. The highest BCUT2D eigenvalue weighted by Gasteiger charge is 2.13. The van der Waals surface area contributed by atoms with E-state index >= 15 is 0 Å². The van der Waals surface area contributed by atoms with Crippen LogP contribution in [0.15, 0.2) is 35.3 Å². The van der Waals surface area contributed by atoms with Crippen LogP contribution in [0.25, 0.3) is 0 Å². The number of hydrogen-bond acceptors (Lipinski definition) is 6. The van der Waals surface area contributed by atoms with E-state index in [0.717, 1.165) is 0 Å². The number of nitrogens with zero attached hydrogens (tertiary/aromatic N) is 1. The largest absolute Gasteiger partial charge is 0.496 e. The average molecular weight is 345 g/mol. The van der Waals surface area contributed by atoms with E-state index in [4.69, 9.17) is 24.1 Å². The summed E-state index contributed by atoms with van der Waals surface area (Å²) in [7, 11) is 6.08. The zero-order chi connectivity index (χ0) is 18.4. The van der Waals surface area contributed by atoms with E-state index in [1.807, 2.05) is 0 Å². The molecule has 0 saturated carbocycles. The van der Waals surface area contributed by atoms with Crippen molar-refractivity contribution in [3.8, 4) is 23.0 Å². The second-order valence-corrected chi connectivity index (χ2v) is 4.90. The van der Waals surface area contributed by atoms with Crippen LogP contribution in [0.2, 0.25) is 0 Å². The Hall–Kier alpha value is -3.22. The molecule has 0 aliphatic carbocycles. The van der Waals surface area contributed by atoms with Crippen LogP contribution >= 0.6 is 0 Å². The minimum atomic E-state index is -1.03. The van der Waals surface area contributed by atoms with Crippen molar-refractivity contribution in [2.24, 2.45) is 4.99 Å². The molecule has 7 heteroatoms. The van der Waals surface area contributed by atoms with E-state index in [1.165, 1.54) is 33.5 Å². The van der Waals surface area contributed by atoms with Gasteiger partial charge in [0, 0.05) is 18.3 Å². The zero-order valence-electron chi connectivity index (χ0n) is 14.4. The maximum atomic E-state index is 11.0. The molecule has 2 aromatic rings. The normalized spacial score (nSPS) is 10.6. The van der Waals surface area contributed by atoms with Crippen molar-refractivity contribution in [2.45, 2.75) is 0 Å². The summed E-state index contributed by atoms with van der Waals surface area (Å²) >= 11 is 0. The van der Waals surface area contributed by atoms with E-state index in [-0.39, 0.29) is 5.56 Å². The van der Waals surface area contributed by atoms with Crippen molar-refractivity contribution in [2.75, 3.05) is 28.4 Å². The first-order chi connectivity index (χ1) is 12.0. The van der Waals surface area contributed by atoms with Gasteiger partial charge in [0.2, 0.25) is 0 Å². The zero-order valence-corrected chi connectivity index (χ0v) is 14.4. The SMILES string of the molecule is COc1cc(OC)c(C=Nc2ccc(C(=O)O)cc2OC)c(OC)c1. The third-order valence-corrected chi connectivity index (χ3v) is 3.51. The van der Waals surface area contributed by atoms with Gasteiger partial charge in [-0.25, -0.2) is 4.79 Å². The Balaban J connectivity index is 2.47. The summed E-state index contributed by atoms with van der Waals surface area (Å²) < 4.78 is 21.2. The van der Waals surface area contributed by atoms with Gasteiger partial charge in [0.25, 0.3) is 0 Å². The van der Waals surface area contributed by atoms with Gasteiger partial charge in [0.1, 0.15) is 28.7 Å². The Kier molecular flexibility index (Phi) is 5.84. The maximum Gasteiger partial charge on any atom is 0.335 e. The summed E-state index contributed by atoms with van der Waals surface area (Å²) in [6.07, 6.45) is 1.56. The molecule has 0 bridgehead atoms. The first-order valence-corrected chi connectivity index (χ1v) is 7.29. The molecule has 0 heterocycles. The number of benzene rings is 2. The van der Waals surface area contributed by atoms with Gasteiger partial charge in [-0.1, -0.05) is 0 Å². The molecule has 0 fully saturated rings. The van der Waals surface area contributed by atoms with E-state index in [2.05, 4.69) is 4.99 Å². The first kappa shape index (κ1) is 18.1. The van der Waals surface area contributed by atoms with Crippen molar-refractivity contribution in [3.63, 3.8) is 0 Å². The molecule has 0 radical (unpaired) electrons. The number of carbonyl (C=O) groups is 1. The van der Waals surface area contributed by atoms with Crippen LogP contribution in [0.1, 0.15) is 15.9 Å². The predicted octanol–water partition coefficient (Wildman–Crippen LogP) is 3.17. The number of methoxy groups -OCH3 is 4. The third kappa shape index (κ3) is 4.00. The summed E-state index contributed by atoms with van der Waals surface area (Å²) in [5, 5.41) is 9.05. The van der Waals surface area contributed by atoms with E-state index in [9.17, 15) is 4.79 Å². The van der Waals surface area contributed by atoms with Gasteiger partial charge >= 0.3 is 5.97 Å².